The second kappa shape index (κ2) is 10.5. The van der Waals surface area contributed by atoms with E-state index in [1.165, 1.54) is 0 Å². The van der Waals surface area contributed by atoms with E-state index in [4.69, 9.17) is 4.74 Å². The first kappa shape index (κ1) is 24.3. The lowest BCUT2D eigenvalue weighted by molar-refractivity contribution is 0.0698. The van der Waals surface area contributed by atoms with E-state index < -0.39 is 5.97 Å². The number of hydrogen-bond donors (Lipinski definition) is 2. The smallest absolute Gasteiger partial charge is 0.337 e. The van der Waals surface area contributed by atoms with E-state index >= 15 is 0 Å². The molecule has 172 valence electrons. The number of anilines is 1. The quantitative estimate of drug-likeness (QED) is 0.427. The number of carboxylic acid groups (broad SMARTS) is 1. The number of ether oxygens (including phenoxy) is 1. The van der Waals surface area contributed by atoms with Crippen LogP contribution in [-0.2, 0) is 0 Å². The fourth-order valence-electron chi connectivity index (χ4n) is 3.90. The summed E-state index contributed by atoms with van der Waals surface area (Å²) < 4.78 is 6.35. The van der Waals surface area contributed by atoms with Crippen LogP contribution in [0.2, 0.25) is 0 Å². The van der Waals surface area contributed by atoms with Crippen molar-refractivity contribution < 1.29 is 14.6 Å². The van der Waals surface area contributed by atoms with E-state index in [0.717, 1.165) is 22.3 Å². The van der Waals surface area contributed by atoms with Crippen LogP contribution in [0.4, 0.5) is 5.69 Å². The molecule has 1 heterocycles. The molecule has 0 radical (unpaired) electrons. The van der Waals surface area contributed by atoms with Crippen molar-refractivity contribution >= 4 is 23.0 Å². The normalized spacial score (nSPS) is 13.0. The molecule has 0 bridgehead atoms. The van der Waals surface area contributed by atoms with Crippen LogP contribution in [0.5, 0.6) is 5.75 Å². The number of aromatic carboxylic acids is 1. The van der Waals surface area contributed by atoms with Crippen LogP contribution >= 0.6 is 0 Å². The number of allylic oxidation sites excluding steroid dienone is 2. The molecule has 1 aliphatic rings. The molecule has 34 heavy (non-hydrogen) atoms. The lowest BCUT2D eigenvalue weighted by atomic mass is 9.89. The van der Waals surface area contributed by atoms with Gasteiger partial charge in [-0.05, 0) is 43.2 Å². The molecular formula is C29H28N2O3. The van der Waals surface area contributed by atoms with E-state index in [9.17, 15) is 15.2 Å². The van der Waals surface area contributed by atoms with Gasteiger partial charge in [-0.1, -0.05) is 69.0 Å². The van der Waals surface area contributed by atoms with E-state index in [0.29, 0.717) is 28.3 Å². The third kappa shape index (κ3) is 4.72. The number of hydrogen-bond acceptors (Lipinski definition) is 4. The Kier molecular flexibility index (Phi) is 7.55. The van der Waals surface area contributed by atoms with Crippen LogP contribution in [0.15, 0.2) is 78.9 Å². The molecule has 4 rings (SSSR count). The molecule has 1 atom stereocenters. The van der Waals surface area contributed by atoms with Crippen molar-refractivity contribution in [2.45, 2.75) is 33.7 Å². The number of nitrogens with one attached hydrogen (secondary N) is 1. The second-order valence-electron chi connectivity index (χ2n) is 7.71. The van der Waals surface area contributed by atoms with Gasteiger partial charge in [-0.2, -0.15) is 5.26 Å². The first-order valence-corrected chi connectivity index (χ1v) is 11.2. The van der Waals surface area contributed by atoms with Crippen LogP contribution < -0.4 is 10.1 Å². The Balaban J connectivity index is 0.00000158. The van der Waals surface area contributed by atoms with Gasteiger partial charge in [-0.15, -0.1) is 0 Å². The highest BCUT2D eigenvalue weighted by atomic mass is 16.5. The van der Waals surface area contributed by atoms with Crippen molar-refractivity contribution in [2.75, 3.05) is 5.32 Å². The topological polar surface area (TPSA) is 82.3 Å². The zero-order valence-corrected chi connectivity index (χ0v) is 19.8. The maximum atomic E-state index is 11.6. The summed E-state index contributed by atoms with van der Waals surface area (Å²) >= 11 is 0. The van der Waals surface area contributed by atoms with Gasteiger partial charge >= 0.3 is 5.97 Å². The van der Waals surface area contributed by atoms with E-state index in [-0.39, 0.29) is 11.6 Å². The Morgan fingerprint density at radius 3 is 2.38 bits per heavy atom. The fraction of sp³-hybridized carbons (Fsp3) is 0.172. The van der Waals surface area contributed by atoms with Crippen LogP contribution in [0.3, 0.4) is 0 Å². The number of fused-ring (bicyclic) bond motifs is 1. The maximum absolute atomic E-state index is 11.6. The SMILES string of the molecule is C=C1C(C#N)=C(c2ccccc2)Oc2c1cc(C)cc2C(C)Nc1ccccc1C(=O)O.CC. The van der Waals surface area contributed by atoms with Gasteiger partial charge in [0.1, 0.15) is 17.4 Å². The Morgan fingerprint density at radius 1 is 1.09 bits per heavy atom. The molecule has 0 amide bonds. The summed E-state index contributed by atoms with van der Waals surface area (Å²) in [5.74, 6) is 0.0873. The fourth-order valence-corrected chi connectivity index (χ4v) is 3.90. The summed E-state index contributed by atoms with van der Waals surface area (Å²) in [6, 6.07) is 22.2. The van der Waals surface area contributed by atoms with Gasteiger partial charge in [0.2, 0.25) is 0 Å². The third-order valence-electron chi connectivity index (χ3n) is 5.46. The summed E-state index contributed by atoms with van der Waals surface area (Å²) in [7, 11) is 0. The zero-order valence-electron chi connectivity index (χ0n) is 19.8. The number of aryl methyl sites for hydroxylation is 1. The number of nitriles is 1. The number of rotatable bonds is 5. The molecule has 5 heteroatoms. The lowest BCUT2D eigenvalue weighted by Gasteiger charge is -2.28. The lowest BCUT2D eigenvalue weighted by Crippen LogP contribution is -2.15. The predicted molar refractivity (Wildman–Crippen MR) is 137 cm³/mol. The number of benzene rings is 3. The summed E-state index contributed by atoms with van der Waals surface area (Å²) in [5.41, 5.74) is 5.12. The van der Waals surface area contributed by atoms with Crippen molar-refractivity contribution in [3.8, 4) is 11.8 Å². The number of nitrogens with zero attached hydrogens (tertiary/aromatic N) is 1. The molecular weight excluding hydrogens is 424 g/mol. The highest BCUT2D eigenvalue weighted by molar-refractivity contribution is 5.96. The minimum atomic E-state index is -0.996. The highest BCUT2D eigenvalue weighted by Crippen LogP contribution is 2.45. The molecule has 0 spiro atoms. The van der Waals surface area contributed by atoms with Gasteiger partial charge in [0.05, 0.1) is 11.6 Å². The zero-order chi connectivity index (χ0) is 24.8. The summed E-state index contributed by atoms with van der Waals surface area (Å²) in [5, 5.41) is 22.7. The van der Waals surface area contributed by atoms with Gasteiger partial charge in [-0.3, -0.25) is 0 Å². The van der Waals surface area contributed by atoms with E-state index in [2.05, 4.69) is 18.0 Å². The molecule has 1 aliphatic heterocycles. The van der Waals surface area contributed by atoms with Crippen LogP contribution in [0.1, 0.15) is 59.4 Å². The Bertz CT molecular complexity index is 1300. The van der Waals surface area contributed by atoms with E-state index in [1.54, 1.807) is 24.3 Å². The molecule has 0 aliphatic carbocycles. The summed E-state index contributed by atoms with van der Waals surface area (Å²) in [6.45, 7) is 12.1. The summed E-state index contributed by atoms with van der Waals surface area (Å²) in [6.07, 6.45) is 0. The summed E-state index contributed by atoms with van der Waals surface area (Å²) in [4.78, 5) is 11.6. The minimum absolute atomic E-state index is 0.197. The number of carbonyl (C=O) groups is 1. The van der Waals surface area contributed by atoms with Crippen molar-refractivity contribution in [2.24, 2.45) is 0 Å². The van der Waals surface area contributed by atoms with Crippen LogP contribution in [0.25, 0.3) is 11.3 Å². The highest BCUT2D eigenvalue weighted by Gasteiger charge is 2.29. The molecule has 5 nitrogen and oxygen atoms in total. The number of carboxylic acids is 1. The van der Waals surface area contributed by atoms with Gasteiger partial charge in [0.15, 0.2) is 5.76 Å². The Morgan fingerprint density at radius 2 is 1.74 bits per heavy atom. The molecule has 1 unspecified atom stereocenters. The van der Waals surface area contributed by atoms with E-state index in [1.807, 2.05) is 70.2 Å². The second-order valence-corrected chi connectivity index (χ2v) is 7.71. The first-order valence-electron chi connectivity index (χ1n) is 11.2. The predicted octanol–water partition coefficient (Wildman–Crippen LogP) is 7.23. The molecule has 0 saturated heterocycles. The largest absolute Gasteiger partial charge is 0.478 e. The molecule has 0 fully saturated rings. The van der Waals surface area contributed by atoms with Gasteiger partial charge < -0.3 is 15.2 Å². The third-order valence-corrected chi connectivity index (χ3v) is 5.46. The molecule has 2 N–H and O–H groups in total. The molecule has 3 aromatic rings. The Labute approximate surface area is 200 Å². The van der Waals surface area contributed by atoms with Crippen molar-refractivity contribution in [1.82, 2.24) is 0 Å². The Hall–Kier alpha value is -4.30. The van der Waals surface area contributed by atoms with Gasteiger partial charge in [0, 0.05) is 22.4 Å². The van der Waals surface area contributed by atoms with Gasteiger partial charge in [0.25, 0.3) is 0 Å². The van der Waals surface area contributed by atoms with Crippen molar-refractivity contribution in [3.05, 3.63) is 107 Å². The molecule has 0 saturated carbocycles. The van der Waals surface area contributed by atoms with Crippen molar-refractivity contribution in [3.63, 3.8) is 0 Å². The standard InChI is InChI=1S/C27H22N2O3.C2H6/c1-16-13-21-17(2)23(15-28)25(19-9-5-4-6-10-19)32-26(21)22(14-16)18(3)29-24-12-8-7-11-20(24)27(30)31;1-2/h4-14,18,29H,2H2,1,3H3,(H,30,31);1-2H3. The average Bonchev–Trinajstić information content (AvgIpc) is 2.85. The average molecular weight is 453 g/mol. The monoisotopic (exact) mass is 452 g/mol. The minimum Gasteiger partial charge on any atom is -0.478 e. The van der Waals surface area contributed by atoms with Crippen LogP contribution in [-0.4, -0.2) is 11.1 Å². The van der Waals surface area contributed by atoms with Gasteiger partial charge in [-0.25, -0.2) is 4.79 Å². The van der Waals surface area contributed by atoms with Crippen molar-refractivity contribution in [1.29, 1.82) is 5.26 Å². The number of para-hydroxylation sites is 1. The first-order chi connectivity index (χ1) is 16.4. The van der Waals surface area contributed by atoms with Crippen LogP contribution in [0, 0.1) is 18.3 Å². The maximum Gasteiger partial charge on any atom is 0.337 e. The molecule has 0 aromatic heterocycles. The molecule has 3 aromatic carbocycles.